The summed E-state index contributed by atoms with van der Waals surface area (Å²) in [6.07, 6.45) is 9.31. The first-order valence-electron chi connectivity index (χ1n) is 17.1. The fourth-order valence-corrected chi connectivity index (χ4v) is 11.0. The number of ether oxygens (including phenoxy) is 4. The highest BCUT2D eigenvalue weighted by Gasteiger charge is 2.39. The van der Waals surface area contributed by atoms with Crippen LogP contribution in [0.3, 0.4) is 0 Å². The van der Waals surface area contributed by atoms with Gasteiger partial charge in [0, 0.05) is 33.1 Å². The Morgan fingerprint density at radius 1 is 0.551 bits per heavy atom. The topological polar surface area (TPSA) is 150 Å². The van der Waals surface area contributed by atoms with Crippen LogP contribution in [0, 0.1) is 11.8 Å². The molecular formula is C30H54N4O7S8. The zero-order valence-corrected chi connectivity index (χ0v) is 34.8. The molecule has 3 amide bonds. The second-order valence-corrected chi connectivity index (χ2v) is 23.1. The number of amides is 3. The molecule has 2 atom stereocenters. The van der Waals surface area contributed by atoms with E-state index in [1.54, 1.807) is 0 Å². The van der Waals surface area contributed by atoms with Gasteiger partial charge in [0.05, 0.1) is 83.0 Å². The Hall–Kier alpha value is 1.01. The van der Waals surface area contributed by atoms with Gasteiger partial charge in [-0.2, -0.15) is 0 Å². The molecule has 11 nitrogen and oxygen atoms in total. The van der Waals surface area contributed by atoms with Crippen molar-refractivity contribution in [2.24, 2.45) is 17.6 Å². The molecule has 4 aliphatic rings. The first-order chi connectivity index (χ1) is 24.0. The molecule has 4 saturated heterocycles. The number of carbonyl (C=O) groups excluding carboxylic acids is 3. The molecule has 284 valence electrons. The van der Waals surface area contributed by atoms with Crippen molar-refractivity contribution in [3.05, 3.63) is 0 Å². The molecule has 0 saturated carbocycles. The van der Waals surface area contributed by atoms with Gasteiger partial charge in [-0.25, -0.2) is 0 Å². The summed E-state index contributed by atoms with van der Waals surface area (Å²) < 4.78 is 24.0. The lowest BCUT2D eigenvalue weighted by Gasteiger charge is -2.14. The Kier molecular flexibility index (Phi) is 25.8. The number of rotatable bonds is 31. The molecule has 0 aromatic rings. The molecule has 0 aliphatic carbocycles. The van der Waals surface area contributed by atoms with E-state index in [1.807, 2.05) is 86.4 Å². The van der Waals surface area contributed by atoms with Crippen LogP contribution < -0.4 is 21.7 Å². The van der Waals surface area contributed by atoms with E-state index in [0.29, 0.717) is 88.2 Å². The summed E-state index contributed by atoms with van der Waals surface area (Å²) in [7, 11) is 15.2. The molecule has 49 heavy (non-hydrogen) atoms. The van der Waals surface area contributed by atoms with Gasteiger partial charge in [0.2, 0.25) is 17.7 Å². The summed E-state index contributed by atoms with van der Waals surface area (Å²) in [5.74, 6) is 0.574. The second kappa shape index (κ2) is 28.5. The zero-order valence-electron chi connectivity index (χ0n) is 28.3. The van der Waals surface area contributed by atoms with Crippen molar-refractivity contribution in [2.45, 2.75) is 76.6 Å². The molecule has 0 aromatic heterocycles. The van der Waals surface area contributed by atoms with E-state index in [4.69, 9.17) is 24.7 Å². The van der Waals surface area contributed by atoms with Crippen LogP contribution in [0.2, 0.25) is 0 Å². The van der Waals surface area contributed by atoms with E-state index in [-0.39, 0.29) is 29.6 Å². The predicted octanol–water partition coefficient (Wildman–Crippen LogP) is 5.60. The molecule has 2 unspecified atom stereocenters. The molecular weight excluding hydrogens is 785 g/mol. The summed E-state index contributed by atoms with van der Waals surface area (Å²) in [6.45, 7) is 7.80. The number of unbranched alkanes of at least 4 members (excludes halogenated alkanes) is 2. The van der Waals surface area contributed by atoms with Crippen molar-refractivity contribution in [1.29, 1.82) is 0 Å². The monoisotopic (exact) mass is 838 g/mol. The zero-order chi connectivity index (χ0) is 34.9. The van der Waals surface area contributed by atoms with Gasteiger partial charge in [0.25, 0.3) is 0 Å². The first-order valence-corrected chi connectivity index (χ1v) is 26.2. The van der Waals surface area contributed by atoms with Crippen molar-refractivity contribution in [3.63, 3.8) is 0 Å². The Balaban J connectivity index is 0.000000267. The van der Waals surface area contributed by atoms with Crippen molar-refractivity contribution < 1.29 is 33.3 Å². The third-order valence-electron chi connectivity index (χ3n) is 7.34. The quantitative estimate of drug-likeness (QED) is 0.0389. The minimum Gasteiger partial charge on any atom is -0.378 e. The van der Waals surface area contributed by atoms with Gasteiger partial charge in [-0.15, -0.1) is 0 Å². The smallest absolute Gasteiger partial charge is 0.225 e. The second-order valence-electron chi connectivity index (χ2n) is 11.5. The van der Waals surface area contributed by atoms with E-state index >= 15 is 0 Å². The van der Waals surface area contributed by atoms with Crippen LogP contribution >= 0.6 is 86.4 Å². The number of hydrogen-bond donors (Lipinski definition) is 4. The van der Waals surface area contributed by atoms with Gasteiger partial charge < -0.3 is 40.6 Å². The number of nitrogens with one attached hydrogen (secondary N) is 3. The van der Waals surface area contributed by atoms with E-state index in [0.717, 1.165) is 34.8 Å². The standard InChI is InChI=1S/C16H28N2O4S4.C14H26N2O3S4/c1-12(19)17-6-8-21-10-11-22-9-7-18-15(20)13(16-25-26-16)4-2-3-5-14-23-24-14;15-5-7-18-9-10-19-8-6-16-13(17)11(14-22-23-14)3-1-2-4-12-20-21-12/h13-14,16H,2-11H2,1H3,(H,17,19)(H,18,20);11-12,14H,1-10,15H2,(H,16,17). The first kappa shape index (κ1) is 44.4. The number of hydrogen-bond acceptors (Lipinski definition) is 16. The van der Waals surface area contributed by atoms with Gasteiger partial charge in [0.15, 0.2) is 0 Å². The highest BCUT2D eigenvalue weighted by atomic mass is 33.2. The van der Waals surface area contributed by atoms with Crippen molar-refractivity contribution in [3.8, 4) is 0 Å². The maximum atomic E-state index is 12.4. The molecule has 19 heteroatoms. The van der Waals surface area contributed by atoms with Crippen molar-refractivity contribution in [1.82, 2.24) is 16.0 Å². The number of carbonyl (C=O) groups is 3. The van der Waals surface area contributed by atoms with Crippen molar-refractivity contribution in [2.75, 3.05) is 79.0 Å². The molecule has 4 fully saturated rings. The van der Waals surface area contributed by atoms with E-state index in [9.17, 15) is 14.4 Å². The Bertz CT molecular complexity index is 922. The SMILES string of the molecule is CC(=O)NCCOCCOCCNC(=O)C(CCCCC1SS1)C1SS1.NCCOCCOCCNC(=O)C(CCCCC1SS1)C1SS1. The molecule has 0 radical (unpaired) electrons. The van der Waals surface area contributed by atoms with Crippen molar-refractivity contribution >= 4 is 104 Å². The normalized spacial score (nSPS) is 18.2. The van der Waals surface area contributed by atoms with Crippen LogP contribution in [0.4, 0.5) is 0 Å². The maximum absolute atomic E-state index is 12.4. The van der Waals surface area contributed by atoms with E-state index in [1.165, 1.54) is 32.6 Å². The van der Waals surface area contributed by atoms with Crippen LogP contribution in [0.1, 0.15) is 58.3 Å². The lowest BCUT2D eigenvalue weighted by Crippen LogP contribution is -2.35. The van der Waals surface area contributed by atoms with Crippen LogP contribution in [0.25, 0.3) is 0 Å². The fourth-order valence-electron chi connectivity index (χ4n) is 4.52. The molecule has 4 rings (SSSR count). The fraction of sp³-hybridized carbons (Fsp3) is 0.900. The summed E-state index contributed by atoms with van der Waals surface area (Å²) >= 11 is 0. The van der Waals surface area contributed by atoms with Crippen LogP contribution in [0.15, 0.2) is 0 Å². The number of nitrogens with two attached hydrogens (primary N) is 1. The minimum absolute atomic E-state index is 0.0530. The predicted molar refractivity (Wildman–Crippen MR) is 217 cm³/mol. The molecule has 4 heterocycles. The Labute approximate surface area is 324 Å². The largest absolute Gasteiger partial charge is 0.378 e. The molecule has 0 aromatic carbocycles. The Morgan fingerprint density at radius 3 is 1.29 bits per heavy atom. The lowest BCUT2D eigenvalue weighted by atomic mass is 10.0. The van der Waals surface area contributed by atoms with Gasteiger partial charge in [-0.1, -0.05) is 112 Å². The summed E-state index contributed by atoms with van der Waals surface area (Å²) in [6, 6.07) is 0. The lowest BCUT2D eigenvalue weighted by molar-refractivity contribution is -0.125. The highest BCUT2D eigenvalue weighted by molar-refractivity contribution is 8.93. The third-order valence-corrected chi connectivity index (χ3v) is 16.6. The van der Waals surface area contributed by atoms with Crippen LogP contribution in [-0.4, -0.2) is 115 Å². The van der Waals surface area contributed by atoms with Gasteiger partial charge >= 0.3 is 0 Å². The average Bonchev–Trinajstić information content (AvgIpc) is 3.87. The molecule has 0 bridgehead atoms. The highest BCUT2D eigenvalue weighted by Crippen LogP contribution is 2.59. The Morgan fingerprint density at radius 2 is 0.939 bits per heavy atom. The van der Waals surface area contributed by atoms with E-state index < -0.39 is 0 Å². The third kappa shape index (κ3) is 24.9. The van der Waals surface area contributed by atoms with Crippen LogP contribution in [-0.2, 0) is 33.3 Å². The molecule has 5 N–H and O–H groups in total. The van der Waals surface area contributed by atoms with E-state index in [2.05, 4.69) is 16.0 Å². The average molecular weight is 839 g/mol. The molecule has 4 aliphatic heterocycles. The van der Waals surface area contributed by atoms with Gasteiger partial charge in [-0.05, 0) is 25.7 Å². The van der Waals surface area contributed by atoms with Gasteiger partial charge in [-0.3, -0.25) is 14.4 Å². The summed E-state index contributed by atoms with van der Waals surface area (Å²) in [5, 5.41) is 8.67. The van der Waals surface area contributed by atoms with Crippen LogP contribution in [0.5, 0.6) is 0 Å². The maximum Gasteiger partial charge on any atom is 0.225 e. The van der Waals surface area contributed by atoms with Gasteiger partial charge in [0.1, 0.15) is 0 Å². The summed E-state index contributed by atoms with van der Waals surface area (Å²) in [4.78, 5) is 35.3. The summed E-state index contributed by atoms with van der Waals surface area (Å²) in [5.41, 5.74) is 5.32. The minimum atomic E-state index is -0.0530. The molecule has 0 spiro atoms.